The minimum Gasteiger partial charge on any atom is -0.310 e. The van der Waals surface area contributed by atoms with Gasteiger partial charge in [-0.1, -0.05) is 296 Å². The fourth-order valence-corrected chi connectivity index (χ4v) is 16.1. The number of hydrogen-bond donors (Lipinski definition) is 0. The van der Waals surface area contributed by atoms with E-state index in [0.717, 1.165) is 22.7 Å². The molecule has 16 rings (SSSR count). The molecule has 89 heavy (non-hydrogen) atoms. The molecule has 0 amide bonds. The lowest BCUT2D eigenvalue weighted by Gasteiger charge is -2.36. The van der Waals surface area contributed by atoms with Crippen molar-refractivity contribution in [1.29, 1.82) is 0 Å². The average Bonchev–Trinajstić information content (AvgIpc) is 1.62. The Bertz CT molecular complexity index is 4910. The molecular formula is C87H70N2. The summed E-state index contributed by atoms with van der Waals surface area (Å²) in [7, 11) is 0. The summed E-state index contributed by atoms with van der Waals surface area (Å²) >= 11 is 0. The summed E-state index contributed by atoms with van der Waals surface area (Å²) in [5.74, 6) is 0.762. The van der Waals surface area contributed by atoms with Gasteiger partial charge in [-0.3, -0.25) is 0 Å². The molecule has 2 aliphatic carbocycles. The molecule has 0 atom stereocenters. The van der Waals surface area contributed by atoms with Crippen molar-refractivity contribution in [2.45, 2.75) is 70.1 Å². The number of hydrogen-bond acceptors (Lipinski definition) is 2. The summed E-state index contributed by atoms with van der Waals surface area (Å²) < 4.78 is 0. The minimum absolute atomic E-state index is 0.250. The Morgan fingerprint density at radius 3 is 1.03 bits per heavy atom. The van der Waals surface area contributed by atoms with Crippen molar-refractivity contribution < 1.29 is 0 Å². The standard InChI is InChI=1S/C87H70N2/c1-56(2)67-34-17-22-45-80(67)88(65-32-23-30-63(54-65)86(61-26-9-7-10-27-61)76-41-18-13-35-70(76)71-36-14-19-42-77(71)86)81-52-48-59-47-51-75-82(53-49-60-46-50-74(81)83(59)84(60)75)89(85-68(57(3)4)39-25-40-69(85)58(5)6)66-33-24-31-64(55-66)87(62-28-11-8-12-29-62)78-43-20-15-37-72(78)73-38-16-21-44-79(73)87/h7-58H,1-6H3. The third kappa shape index (κ3) is 8.09. The van der Waals surface area contributed by atoms with E-state index in [2.05, 4.69) is 349 Å². The second-order valence-corrected chi connectivity index (χ2v) is 25.6. The quantitative estimate of drug-likeness (QED) is 0.106. The van der Waals surface area contributed by atoms with Crippen LogP contribution in [0.15, 0.2) is 297 Å². The Morgan fingerprint density at radius 1 is 0.258 bits per heavy atom. The van der Waals surface area contributed by atoms with Gasteiger partial charge < -0.3 is 9.80 Å². The first-order valence-electron chi connectivity index (χ1n) is 31.9. The molecule has 0 saturated carbocycles. The van der Waals surface area contributed by atoms with E-state index in [0.29, 0.717) is 0 Å². The van der Waals surface area contributed by atoms with Crippen molar-refractivity contribution in [2.75, 3.05) is 9.80 Å². The highest BCUT2D eigenvalue weighted by Crippen LogP contribution is 2.60. The third-order valence-corrected chi connectivity index (χ3v) is 19.9. The van der Waals surface area contributed by atoms with Crippen LogP contribution in [0.1, 0.15) is 120 Å². The molecule has 0 unspecified atom stereocenters. The molecule has 0 N–H and O–H groups in total. The van der Waals surface area contributed by atoms with Crippen LogP contribution in [0.25, 0.3) is 54.6 Å². The van der Waals surface area contributed by atoms with E-state index in [1.807, 2.05) is 0 Å². The summed E-state index contributed by atoms with van der Waals surface area (Å²) in [5.41, 5.74) is 25.1. The van der Waals surface area contributed by atoms with Crippen LogP contribution in [0.5, 0.6) is 0 Å². The molecule has 0 fully saturated rings. The number of benzene rings is 14. The zero-order valence-corrected chi connectivity index (χ0v) is 51.4. The number of nitrogens with zero attached hydrogens (tertiary/aromatic N) is 2. The van der Waals surface area contributed by atoms with Gasteiger partial charge in [-0.25, -0.2) is 0 Å². The zero-order chi connectivity index (χ0) is 60.1. The van der Waals surface area contributed by atoms with E-state index >= 15 is 0 Å². The molecule has 0 saturated heterocycles. The number of fused-ring (bicyclic) bond motifs is 6. The Morgan fingerprint density at radius 2 is 0.596 bits per heavy atom. The molecule has 0 radical (unpaired) electrons. The molecule has 0 aromatic heterocycles. The van der Waals surface area contributed by atoms with Gasteiger partial charge in [0.05, 0.1) is 27.9 Å². The SMILES string of the molecule is CC(C)c1ccccc1N(c1cccc(C2(c3ccccc3)c3ccccc3-c3ccccc32)c1)c1ccc2ccc3c(N(c4cccc(C5(c6ccccc6)c6ccccc6-c6ccccc65)c4)c4c(C(C)C)cccc4C(C)C)ccc4ccc1c2c43. The van der Waals surface area contributed by atoms with Crippen LogP contribution in [0.2, 0.25) is 0 Å². The highest BCUT2D eigenvalue weighted by Gasteiger charge is 2.48. The van der Waals surface area contributed by atoms with Crippen LogP contribution in [0.4, 0.5) is 34.1 Å². The molecule has 2 nitrogen and oxygen atoms in total. The topological polar surface area (TPSA) is 6.48 Å². The van der Waals surface area contributed by atoms with Crippen LogP contribution in [-0.2, 0) is 10.8 Å². The monoisotopic (exact) mass is 1140 g/mol. The van der Waals surface area contributed by atoms with Gasteiger partial charge in [-0.15, -0.1) is 0 Å². The Labute approximate surface area is 524 Å². The van der Waals surface area contributed by atoms with Crippen LogP contribution >= 0.6 is 0 Å². The van der Waals surface area contributed by atoms with Crippen molar-refractivity contribution in [3.05, 3.63) is 358 Å². The summed E-state index contributed by atoms with van der Waals surface area (Å²) in [6.45, 7) is 14.1. The van der Waals surface area contributed by atoms with E-state index in [9.17, 15) is 0 Å². The highest BCUT2D eigenvalue weighted by atomic mass is 15.2. The molecule has 2 heteroatoms. The first kappa shape index (κ1) is 54.1. The zero-order valence-electron chi connectivity index (χ0n) is 51.4. The second kappa shape index (κ2) is 21.3. The van der Waals surface area contributed by atoms with Gasteiger partial charge in [0.15, 0.2) is 0 Å². The predicted octanol–water partition coefficient (Wildman–Crippen LogP) is 23.6. The summed E-state index contributed by atoms with van der Waals surface area (Å²) in [4.78, 5) is 5.22. The molecule has 0 heterocycles. The average molecular weight is 1140 g/mol. The molecule has 14 aromatic carbocycles. The Kier molecular flexibility index (Phi) is 12.9. The van der Waals surface area contributed by atoms with Gasteiger partial charge in [0.2, 0.25) is 0 Å². The van der Waals surface area contributed by atoms with Gasteiger partial charge >= 0.3 is 0 Å². The van der Waals surface area contributed by atoms with Gasteiger partial charge in [0.25, 0.3) is 0 Å². The summed E-state index contributed by atoms with van der Waals surface area (Å²) in [5, 5.41) is 7.38. The number of anilines is 6. The van der Waals surface area contributed by atoms with Gasteiger partial charge in [-0.2, -0.15) is 0 Å². The lowest BCUT2D eigenvalue weighted by molar-refractivity contribution is 0.768. The Balaban J connectivity index is 0.948. The summed E-state index contributed by atoms with van der Waals surface area (Å²) in [6.07, 6.45) is 0. The largest absolute Gasteiger partial charge is 0.310 e. The number of para-hydroxylation sites is 2. The second-order valence-electron chi connectivity index (χ2n) is 25.6. The van der Waals surface area contributed by atoms with Gasteiger partial charge in [0, 0.05) is 27.8 Å². The fourth-order valence-electron chi connectivity index (χ4n) is 16.1. The van der Waals surface area contributed by atoms with Crippen LogP contribution in [-0.4, -0.2) is 0 Å². The number of rotatable bonds is 13. The minimum atomic E-state index is -0.568. The maximum atomic E-state index is 2.64. The van der Waals surface area contributed by atoms with E-state index < -0.39 is 10.8 Å². The van der Waals surface area contributed by atoms with Crippen LogP contribution in [0, 0.1) is 0 Å². The molecule has 428 valence electrons. The van der Waals surface area contributed by atoms with Crippen molar-refractivity contribution in [2.24, 2.45) is 0 Å². The maximum absolute atomic E-state index is 2.64. The van der Waals surface area contributed by atoms with Gasteiger partial charge in [0.1, 0.15) is 0 Å². The first-order valence-corrected chi connectivity index (χ1v) is 31.9. The van der Waals surface area contributed by atoms with E-state index in [1.54, 1.807) is 0 Å². The molecule has 0 aliphatic heterocycles. The molecule has 0 bridgehead atoms. The van der Waals surface area contributed by atoms with Crippen molar-refractivity contribution in [3.63, 3.8) is 0 Å². The van der Waals surface area contributed by atoms with Crippen molar-refractivity contribution in [1.82, 2.24) is 0 Å². The lowest BCUT2D eigenvalue weighted by atomic mass is 9.67. The first-order chi connectivity index (χ1) is 43.7. The van der Waals surface area contributed by atoms with E-state index in [-0.39, 0.29) is 17.8 Å². The predicted molar refractivity (Wildman–Crippen MR) is 376 cm³/mol. The summed E-state index contributed by atoms with van der Waals surface area (Å²) in [6, 6.07) is 113. The fraction of sp³-hybridized carbons (Fsp3) is 0.126. The van der Waals surface area contributed by atoms with Crippen LogP contribution < -0.4 is 9.80 Å². The third-order valence-electron chi connectivity index (χ3n) is 19.9. The maximum Gasteiger partial charge on any atom is 0.0714 e. The van der Waals surface area contributed by atoms with E-state index in [1.165, 1.54) is 127 Å². The lowest BCUT2D eigenvalue weighted by Crippen LogP contribution is -2.29. The Hall–Kier alpha value is -10.3. The smallest absolute Gasteiger partial charge is 0.0714 e. The molecule has 14 aromatic rings. The van der Waals surface area contributed by atoms with Crippen LogP contribution in [0.3, 0.4) is 0 Å². The van der Waals surface area contributed by atoms with E-state index in [4.69, 9.17) is 0 Å². The van der Waals surface area contributed by atoms with Crippen molar-refractivity contribution in [3.8, 4) is 22.3 Å². The molecular weight excluding hydrogens is 1070 g/mol. The normalized spacial score (nSPS) is 13.5. The van der Waals surface area contributed by atoms with Gasteiger partial charge in [-0.05, 0) is 165 Å². The van der Waals surface area contributed by atoms with Crippen molar-refractivity contribution >= 4 is 66.4 Å². The molecule has 0 spiro atoms. The molecule has 2 aliphatic rings. The highest BCUT2D eigenvalue weighted by molar-refractivity contribution is 6.28.